The third-order valence-corrected chi connectivity index (χ3v) is 6.29. The fraction of sp³-hybridized carbons (Fsp3) is 0.385. The van der Waals surface area contributed by atoms with Gasteiger partial charge in [0.25, 0.3) is 0 Å². The maximum absolute atomic E-state index is 12.8. The van der Waals surface area contributed by atoms with Crippen LogP contribution in [-0.2, 0) is 11.3 Å². The predicted molar refractivity (Wildman–Crippen MR) is 140 cm³/mol. The molecule has 1 saturated heterocycles. The summed E-state index contributed by atoms with van der Waals surface area (Å²) in [6.07, 6.45) is 0. The monoisotopic (exact) mass is 491 g/mol. The molecule has 1 aromatic heterocycles. The smallest absolute Gasteiger partial charge is 0.322 e. The van der Waals surface area contributed by atoms with Gasteiger partial charge in [-0.25, -0.2) is 14.8 Å². The molecule has 4 rings (SSSR count). The largest absolute Gasteiger partial charge is 0.495 e. The van der Waals surface area contributed by atoms with E-state index in [1.54, 1.807) is 12.0 Å². The van der Waals surface area contributed by atoms with Crippen LogP contribution in [0, 0.1) is 5.92 Å². The average Bonchev–Trinajstić information content (AvgIpc) is 2.87. The average molecular weight is 492 g/mol. The molecule has 1 aliphatic rings. The molecular formula is C26H33N7O3. The summed E-state index contributed by atoms with van der Waals surface area (Å²) in [6, 6.07) is 14.4. The molecular weight excluding hydrogens is 458 g/mol. The number of fused-ring (bicyclic) bond motifs is 1. The molecule has 4 N–H and O–H groups in total. The van der Waals surface area contributed by atoms with Gasteiger partial charge in [0, 0.05) is 31.6 Å². The number of nitrogens with one attached hydrogen (secondary N) is 2. The first-order chi connectivity index (χ1) is 17.4. The van der Waals surface area contributed by atoms with E-state index < -0.39 is 11.9 Å². The number of carbonyl (C=O) groups excluding carboxylic acids is 2. The number of methoxy groups -OCH3 is 1. The van der Waals surface area contributed by atoms with Crippen LogP contribution < -0.4 is 21.1 Å². The van der Waals surface area contributed by atoms with E-state index in [0.717, 1.165) is 10.9 Å². The Labute approximate surface area is 210 Å². The number of primary amides is 1. The number of ether oxygens (including phenoxy) is 1. The lowest BCUT2D eigenvalue weighted by Gasteiger charge is -2.34. The van der Waals surface area contributed by atoms with Gasteiger partial charge in [0.1, 0.15) is 23.4 Å². The summed E-state index contributed by atoms with van der Waals surface area (Å²) in [5.41, 5.74) is 7.07. The van der Waals surface area contributed by atoms with Gasteiger partial charge < -0.3 is 26.0 Å². The van der Waals surface area contributed by atoms with Gasteiger partial charge in [0.15, 0.2) is 0 Å². The Hall–Kier alpha value is -3.92. The second-order valence-corrected chi connectivity index (χ2v) is 9.17. The van der Waals surface area contributed by atoms with Crippen LogP contribution in [0.5, 0.6) is 5.75 Å². The molecule has 2 aromatic carbocycles. The fourth-order valence-electron chi connectivity index (χ4n) is 4.27. The van der Waals surface area contributed by atoms with Crippen molar-refractivity contribution in [3.8, 4) is 5.75 Å². The number of urea groups is 1. The van der Waals surface area contributed by atoms with Crippen molar-refractivity contribution in [1.29, 1.82) is 0 Å². The number of aromatic nitrogens is 2. The van der Waals surface area contributed by atoms with Gasteiger partial charge in [-0.3, -0.25) is 9.69 Å². The molecule has 0 radical (unpaired) electrons. The van der Waals surface area contributed by atoms with Crippen LogP contribution in [-0.4, -0.2) is 71.0 Å². The molecule has 10 nitrogen and oxygen atoms in total. The Bertz CT molecular complexity index is 1230. The summed E-state index contributed by atoms with van der Waals surface area (Å²) in [5, 5.41) is 7.01. The van der Waals surface area contributed by atoms with E-state index in [4.69, 9.17) is 20.4 Å². The van der Waals surface area contributed by atoms with Gasteiger partial charge in [-0.2, -0.15) is 0 Å². The highest BCUT2D eigenvalue weighted by Crippen LogP contribution is 2.24. The molecule has 3 amide bonds. The Morgan fingerprint density at radius 3 is 2.42 bits per heavy atom. The van der Waals surface area contributed by atoms with E-state index in [9.17, 15) is 9.59 Å². The minimum atomic E-state index is -0.540. The first kappa shape index (κ1) is 25.2. The molecule has 1 aliphatic heterocycles. The van der Waals surface area contributed by atoms with Crippen molar-refractivity contribution in [2.75, 3.05) is 43.9 Å². The van der Waals surface area contributed by atoms with Crippen molar-refractivity contribution in [3.05, 3.63) is 54.4 Å². The van der Waals surface area contributed by atoms with Crippen molar-refractivity contribution in [3.63, 3.8) is 0 Å². The van der Waals surface area contributed by atoms with Gasteiger partial charge in [-0.05, 0) is 30.2 Å². The van der Waals surface area contributed by atoms with Gasteiger partial charge in [0.2, 0.25) is 5.91 Å². The zero-order chi connectivity index (χ0) is 25.7. The molecule has 2 heterocycles. The number of hydrogen-bond acceptors (Lipinski definition) is 7. The zero-order valence-corrected chi connectivity index (χ0v) is 20.9. The summed E-state index contributed by atoms with van der Waals surface area (Å²) in [5.74, 6) is 1.46. The highest BCUT2D eigenvalue weighted by atomic mass is 16.5. The Morgan fingerprint density at radius 1 is 1.03 bits per heavy atom. The normalized spacial score (nSPS) is 15.1. The number of hydrogen-bond donors (Lipinski definition) is 3. The number of carbonyl (C=O) groups is 2. The minimum Gasteiger partial charge on any atom is -0.495 e. The Kier molecular flexibility index (Phi) is 7.84. The molecule has 1 fully saturated rings. The van der Waals surface area contributed by atoms with E-state index in [-0.39, 0.29) is 11.9 Å². The minimum absolute atomic E-state index is 0.00903. The maximum Gasteiger partial charge on any atom is 0.322 e. The van der Waals surface area contributed by atoms with Gasteiger partial charge in [-0.15, -0.1) is 0 Å². The summed E-state index contributed by atoms with van der Waals surface area (Å²) in [7, 11) is 1.58. The molecule has 1 atom stereocenters. The molecule has 190 valence electrons. The van der Waals surface area contributed by atoms with Crippen molar-refractivity contribution < 1.29 is 14.3 Å². The van der Waals surface area contributed by atoms with Crippen molar-refractivity contribution >= 4 is 34.3 Å². The molecule has 0 aliphatic carbocycles. The van der Waals surface area contributed by atoms with Gasteiger partial charge in [0.05, 0.1) is 24.9 Å². The summed E-state index contributed by atoms with van der Waals surface area (Å²) < 4.78 is 5.32. The van der Waals surface area contributed by atoms with Crippen LogP contribution >= 0.6 is 0 Å². The third-order valence-electron chi connectivity index (χ3n) is 6.29. The number of anilines is 2. The standard InChI is InChI=1S/C26H33N7O3/c1-17(2)23(24(27)34)31-25-18-8-4-5-9-19(18)28-22(30-25)16-32-12-14-33(15-13-32)26(35)29-20-10-6-7-11-21(20)36-3/h4-11,17,23H,12-16H2,1-3H3,(H2,27,34)(H,29,35)(H,28,30,31)/t23-/m0/s1. The van der Waals surface area contributed by atoms with Crippen LogP contribution in [0.4, 0.5) is 16.3 Å². The maximum atomic E-state index is 12.8. The van der Waals surface area contributed by atoms with E-state index in [2.05, 4.69) is 15.5 Å². The Morgan fingerprint density at radius 2 is 1.72 bits per heavy atom. The van der Waals surface area contributed by atoms with Crippen LogP contribution in [0.2, 0.25) is 0 Å². The van der Waals surface area contributed by atoms with Crippen molar-refractivity contribution in [2.24, 2.45) is 11.7 Å². The second-order valence-electron chi connectivity index (χ2n) is 9.17. The lowest BCUT2D eigenvalue weighted by atomic mass is 10.0. The molecule has 3 aromatic rings. The first-order valence-corrected chi connectivity index (χ1v) is 12.1. The summed E-state index contributed by atoms with van der Waals surface area (Å²) in [6.45, 7) is 6.95. The van der Waals surface area contributed by atoms with Crippen molar-refractivity contribution in [1.82, 2.24) is 19.8 Å². The number of rotatable bonds is 8. The van der Waals surface area contributed by atoms with E-state index in [1.807, 2.05) is 62.4 Å². The lowest BCUT2D eigenvalue weighted by molar-refractivity contribution is -0.119. The van der Waals surface area contributed by atoms with E-state index in [1.165, 1.54) is 0 Å². The topological polar surface area (TPSA) is 126 Å². The molecule has 0 bridgehead atoms. The number of amides is 3. The number of benzene rings is 2. The lowest BCUT2D eigenvalue weighted by Crippen LogP contribution is -2.49. The molecule has 36 heavy (non-hydrogen) atoms. The number of nitrogens with two attached hydrogens (primary N) is 1. The number of piperazine rings is 1. The molecule has 0 unspecified atom stereocenters. The molecule has 10 heteroatoms. The first-order valence-electron chi connectivity index (χ1n) is 12.1. The van der Waals surface area contributed by atoms with E-state index in [0.29, 0.717) is 55.8 Å². The number of para-hydroxylation sites is 3. The molecule has 0 spiro atoms. The highest BCUT2D eigenvalue weighted by molar-refractivity contribution is 5.92. The third kappa shape index (κ3) is 5.83. The molecule has 0 saturated carbocycles. The van der Waals surface area contributed by atoms with Gasteiger partial charge >= 0.3 is 6.03 Å². The number of nitrogens with zero attached hydrogens (tertiary/aromatic N) is 4. The van der Waals surface area contributed by atoms with E-state index >= 15 is 0 Å². The van der Waals surface area contributed by atoms with Crippen LogP contribution in [0.3, 0.4) is 0 Å². The SMILES string of the molecule is COc1ccccc1NC(=O)N1CCN(Cc2nc(N[C@H](C(N)=O)C(C)C)c3ccccc3n2)CC1. The van der Waals surface area contributed by atoms with Crippen LogP contribution in [0.1, 0.15) is 19.7 Å². The zero-order valence-electron chi connectivity index (χ0n) is 20.9. The highest BCUT2D eigenvalue weighted by Gasteiger charge is 2.24. The van der Waals surface area contributed by atoms with Crippen LogP contribution in [0.15, 0.2) is 48.5 Å². The quantitative estimate of drug-likeness (QED) is 0.442. The fourth-order valence-corrected chi connectivity index (χ4v) is 4.27. The summed E-state index contributed by atoms with van der Waals surface area (Å²) >= 11 is 0. The predicted octanol–water partition coefficient (Wildman–Crippen LogP) is 2.91. The Balaban J connectivity index is 1.43. The second kappa shape index (κ2) is 11.2. The van der Waals surface area contributed by atoms with Gasteiger partial charge in [-0.1, -0.05) is 38.1 Å². The van der Waals surface area contributed by atoms with Crippen molar-refractivity contribution in [2.45, 2.75) is 26.4 Å². The summed E-state index contributed by atoms with van der Waals surface area (Å²) in [4.78, 5) is 38.3. The van der Waals surface area contributed by atoms with Crippen LogP contribution in [0.25, 0.3) is 10.9 Å².